The predicted molar refractivity (Wildman–Crippen MR) is 67.0 cm³/mol. The molecule has 0 radical (unpaired) electrons. The van der Waals surface area contributed by atoms with Crippen molar-refractivity contribution in [2.24, 2.45) is 5.92 Å². The number of benzene rings is 1. The van der Waals surface area contributed by atoms with Gasteiger partial charge in [-0.1, -0.05) is 19.9 Å². The van der Waals surface area contributed by atoms with Crippen LogP contribution in [0.15, 0.2) is 18.2 Å². The molecule has 0 spiro atoms. The van der Waals surface area contributed by atoms with Gasteiger partial charge in [-0.2, -0.15) is 0 Å². The SMILES string of the molecule is COc1ccc2c(c1)CCN(C(=O)C(C)C)C2. The Morgan fingerprint density at radius 3 is 2.76 bits per heavy atom. The zero-order chi connectivity index (χ0) is 12.4. The highest BCUT2D eigenvalue weighted by Crippen LogP contribution is 2.24. The Morgan fingerprint density at radius 1 is 1.35 bits per heavy atom. The van der Waals surface area contributed by atoms with Crippen molar-refractivity contribution >= 4 is 5.91 Å². The summed E-state index contributed by atoms with van der Waals surface area (Å²) in [6, 6.07) is 6.10. The van der Waals surface area contributed by atoms with E-state index in [1.165, 1.54) is 11.1 Å². The monoisotopic (exact) mass is 233 g/mol. The maximum atomic E-state index is 11.9. The van der Waals surface area contributed by atoms with E-state index in [-0.39, 0.29) is 11.8 Å². The molecular weight excluding hydrogens is 214 g/mol. The molecule has 0 saturated heterocycles. The van der Waals surface area contributed by atoms with E-state index in [0.717, 1.165) is 25.3 Å². The summed E-state index contributed by atoms with van der Waals surface area (Å²) in [6.07, 6.45) is 0.922. The minimum atomic E-state index is 0.0785. The third-order valence-corrected chi connectivity index (χ3v) is 3.23. The number of methoxy groups -OCH3 is 1. The van der Waals surface area contributed by atoms with Crippen LogP contribution in [0.4, 0.5) is 0 Å². The van der Waals surface area contributed by atoms with Gasteiger partial charge in [-0.3, -0.25) is 4.79 Å². The molecule has 0 aliphatic carbocycles. The van der Waals surface area contributed by atoms with Gasteiger partial charge in [0, 0.05) is 19.0 Å². The average Bonchev–Trinajstić information content (AvgIpc) is 2.36. The molecule has 1 aliphatic rings. The molecule has 3 heteroatoms. The van der Waals surface area contributed by atoms with Crippen molar-refractivity contribution in [1.82, 2.24) is 4.90 Å². The number of ether oxygens (including phenoxy) is 1. The van der Waals surface area contributed by atoms with Crippen molar-refractivity contribution in [3.8, 4) is 5.75 Å². The molecule has 0 aromatic heterocycles. The Hall–Kier alpha value is -1.51. The largest absolute Gasteiger partial charge is 0.497 e. The smallest absolute Gasteiger partial charge is 0.225 e. The lowest BCUT2D eigenvalue weighted by molar-refractivity contribution is -0.135. The molecule has 1 aromatic rings. The van der Waals surface area contributed by atoms with Crippen molar-refractivity contribution in [1.29, 1.82) is 0 Å². The highest BCUT2D eigenvalue weighted by atomic mass is 16.5. The summed E-state index contributed by atoms with van der Waals surface area (Å²) in [5.41, 5.74) is 2.54. The molecular formula is C14H19NO2. The predicted octanol–water partition coefficient (Wildman–Crippen LogP) is 2.24. The number of amides is 1. The van der Waals surface area contributed by atoms with Gasteiger partial charge in [0.15, 0.2) is 0 Å². The molecule has 1 aromatic carbocycles. The highest BCUT2D eigenvalue weighted by molar-refractivity contribution is 5.78. The fourth-order valence-electron chi connectivity index (χ4n) is 2.21. The lowest BCUT2D eigenvalue weighted by Crippen LogP contribution is -2.38. The fraction of sp³-hybridized carbons (Fsp3) is 0.500. The van der Waals surface area contributed by atoms with E-state index in [1.807, 2.05) is 24.8 Å². The topological polar surface area (TPSA) is 29.5 Å². The van der Waals surface area contributed by atoms with Crippen molar-refractivity contribution < 1.29 is 9.53 Å². The average molecular weight is 233 g/mol. The quantitative estimate of drug-likeness (QED) is 0.784. The van der Waals surface area contributed by atoms with Crippen LogP contribution in [0, 0.1) is 5.92 Å². The van der Waals surface area contributed by atoms with E-state index in [1.54, 1.807) is 7.11 Å². The van der Waals surface area contributed by atoms with Crippen LogP contribution in [-0.2, 0) is 17.8 Å². The standard InChI is InChI=1S/C14H19NO2/c1-10(2)14(16)15-7-6-11-8-13(17-3)5-4-12(11)9-15/h4-5,8,10H,6-7,9H2,1-3H3. The molecule has 3 nitrogen and oxygen atoms in total. The minimum Gasteiger partial charge on any atom is -0.497 e. The Labute approximate surface area is 102 Å². The first-order valence-corrected chi connectivity index (χ1v) is 6.06. The van der Waals surface area contributed by atoms with Crippen LogP contribution in [0.25, 0.3) is 0 Å². The van der Waals surface area contributed by atoms with E-state index in [4.69, 9.17) is 4.74 Å². The number of hydrogen-bond donors (Lipinski definition) is 0. The highest BCUT2D eigenvalue weighted by Gasteiger charge is 2.22. The summed E-state index contributed by atoms with van der Waals surface area (Å²) in [6.45, 7) is 5.45. The van der Waals surface area contributed by atoms with E-state index in [0.29, 0.717) is 0 Å². The van der Waals surface area contributed by atoms with Crippen LogP contribution >= 0.6 is 0 Å². The number of carbonyl (C=O) groups is 1. The molecule has 0 N–H and O–H groups in total. The third kappa shape index (κ3) is 2.43. The normalized spacial score (nSPS) is 14.7. The molecule has 1 heterocycles. The maximum absolute atomic E-state index is 11.9. The Kier molecular flexibility index (Phi) is 3.36. The first kappa shape index (κ1) is 12.0. The van der Waals surface area contributed by atoms with Gasteiger partial charge in [-0.25, -0.2) is 0 Å². The van der Waals surface area contributed by atoms with Gasteiger partial charge in [0.1, 0.15) is 5.75 Å². The molecule has 2 rings (SSSR count). The number of hydrogen-bond acceptors (Lipinski definition) is 2. The molecule has 0 saturated carbocycles. The van der Waals surface area contributed by atoms with Gasteiger partial charge in [-0.15, -0.1) is 0 Å². The van der Waals surface area contributed by atoms with Gasteiger partial charge in [0.05, 0.1) is 7.11 Å². The molecule has 0 atom stereocenters. The van der Waals surface area contributed by atoms with E-state index in [2.05, 4.69) is 12.1 Å². The van der Waals surface area contributed by atoms with Gasteiger partial charge >= 0.3 is 0 Å². The van der Waals surface area contributed by atoms with Crippen molar-refractivity contribution in [2.75, 3.05) is 13.7 Å². The Morgan fingerprint density at radius 2 is 2.12 bits per heavy atom. The Bertz CT molecular complexity index is 426. The second-order valence-electron chi connectivity index (χ2n) is 4.80. The summed E-state index contributed by atoms with van der Waals surface area (Å²) in [7, 11) is 1.68. The number of nitrogens with zero attached hydrogens (tertiary/aromatic N) is 1. The van der Waals surface area contributed by atoms with Gasteiger partial charge in [-0.05, 0) is 29.7 Å². The van der Waals surface area contributed by atoms with Crippen LogP contribution < -0.4 is 4.74 Å². The van der Waals surface area contributed by atoms with Crippen LogP contribution in [0.5, 0.6) is 5.75 Å². The summed E-state index contributed by atoms with van der Waals surface area (Å²) >= 11 is 0. The second kappa shape index (κ2) is 4.78. The van der Waals surface area contributed by atoms with E-state index >= 15 is 0 Å². The van der Waals surface area contributed by atoms with Crippen LogP contribution in [0.3, 0.4) is 0 Å². The summed E-state index contributed by atoms with van der Waals surface area (Å²) < 4.78 is 5.21. The lowest BCUT2D eigenvalue weighted by atomic mass is 9.98. The molecule has 92 valence electrons. The molecule has 0 unspecified atom stereocenters. The van der Waals surface area contributed by atoms with Crippen LogP contribution in [0.1, 0.15) is 25.0 Å². The summed E-state index contributed by atoms with van der Waals surface area (Å²) in [4.78, 5) is 13.9. The molecule has 1 aliphatic heterocycles. The number of carbonyl (C=O) groups excluding carboxylic acids is 1. The van der Waals surface area contributed by atoms with E-state index in [9.17, 15) is 4.79 Å². The van der Waals surface area contributed by atoms with Gasteiger partial charge in [0.25, 0.3) is 0 Å². The number of rotatable bonds is 2. The van der Waals surface area contributed by atoms with Gasteiger partial charge < -0.3 is 9.64 Å². The van der Waals surface area contributed by atoms with Crippen LogP contribution in [-0.4, -0.2) is 24.5 Å². The molecule has 17 heavy (non-hydrogen) atoms. The fourth-order valence-corrected chi connectivity index (χ4v) is 2.21. The third-order valence-electron chi connectivity index (χ3n) is 3.23. The number of fused-ring (bicyclic) bond motifs is 1. The van der Waals surface area contributed by atoms with Crippen molar-refractivity contribution in [2.45, 2.75) is 26.8 Å². The maximum Gasteiger partial charge on any atom is 0.225 e. The van der Waals surface area contributed by atoms with Crippen molar-refractivity contribution in [3.63, 3.8) is 0 Å². The summed E-state index contributed by atoms with van der Waals surface area (Å²) in [5, 5.41) is 0. The van der Waals surface area contributed by atoms with E-state index < -0.39 is 0 Å². The zero-order valence-corrected chi connectivity index (χ0v) is 10.7. The zero-order valence-electron chi connectivity index (χ0n) is 10.7. The molecule has 0 bridgehead atoms. The summed E-state index contributed by atoms with van der Waals surface area (Å²) in [5.74, 6) is 1.22. The first-order valence-electron chi connectivity index (χ1n) is 6.06. The van der Waals surface area contributed by atoms with Crippen molar-refractivity contribution in [3.05, 3.63) is 29.3 Å². The minimum absolute atomic E-state index is 0.0785. The molecule has 0 fully saturated rings. The second-order valence-corrected chi connectivity index (χ2v) is 4.80. The lowest BCUT2D eigenvalue weighted by Gasteiger charge is -2.30. The van der Waals surface area contributed by atoms with Crippen LogP contribution in [0.2, 0.25) is 0 Å². The Balaban J connectivity index is 2.17. The first-order chi connectivity index (χ1) is 8.11. The van der Waals surface area contributed by atoms with Gasteiger partial charge in [0.2, 0.25) is 5.91 Å². The molecule has 1 amide bonds.